The summed E-state index contributed by atoms with van der Waals surface area (Å²) in [6.07, 6.45) is 3.58. The minimum absolute atomic E-state index is 0.122. The number of pyridine rings is 1. The quantitative estimate of drug-likeness (QED) is 0.224. The number of aromatic nitrogens is 1. The Morgan fingerprint density at radius 3 is 2.29 bits per heavy atom. The third-order valence-electron chi connectivity index (χ3n) is 8.99. The number of hydrogen-bond acceptors (Lipinski definition) is 5. The summed E-state index contributed by atoms with van der Waals surface area (Å²) in [7, 11) is 0. The SMILES string of the molecule is O=C(N[C@H]1c2ccccc2C[C@H]1O)[C@@H](Cc1ccccc1)C[C@H](O)CN1C(=O)N(Cc2ccncc2)C[C@@H]1Cc1ccccc1. The Kier molecular flexibility index (Phi) is 9.52. The largest absolute Gasteiger partial charge is 0.391 e. The molecule has 1 aliphatic heterocycles. The molecule has 0 bridgehead atoms. The van der Waals surface area contributed by atoms with Gasteiger partial charge in [0.2, 0.25) is 5.91 Å². The predicted molar refractivity (Wildman–Crippen MR) is 172 cm³/mol. The topological polar surface area (TPSA) is 106 Å². The van der Waals surface area contributed by atoms with E-state index in [1.54, 1.807) is 17.3 Å². The number of rotatable bonds is 12. The molecule has 2 aliphatic rings. The van der Waals surface area contributed by atoms with Crippen molar-refractivity contribution in [3.05, 3.63) is 137 Å². The van der Waals surface area contributed by atoms with Crippen LogP contribution in [0, 0.1) is 5.92 Å². The summed E-state index contributed by atoms with van der Waals surface area (Å²) < 4.78 is 0. The summed E-state index contributed by atoms with van der Waals surface area (Å²) in [5, 5.41) is 25.4. The van der Waals surface area contributed by atoms with Crippen LogP contribution in [-0.4, -0.2) is 68.3 Å². The fourth-order valence-corrected chi connectivity index (χ4v) is 6.73. The minimum Gasteiger partial charge on any atom is -0.391 e. The number of urea groups is 1. The Labute approximate surface area is 264 Å². The fourth-order valence-electron chi connectivity index (χ4n) is 6.73. The van der Waals surface area contributed by atoms with Crippen molar-refractivity contribution in [3.63, 3.8) is 0 Å². The maximum absolute atomic E-state index is 13.8. The van der Waals surface area contributed by atoms with Crippen LogP contribution in [0.2, 0.25) is 0 Å². The van der Waals surface area contributed by atoms with Crippen molar-refractivity contribution < 1.29 is 19.8 Å². The highest BCUT2D eigenvalue weighted by molar-refractivity contribution is 5.80. The first-order valence-corrected chi connectivity index (χ1v) is 15.7. The Bertz CT molecular complexity index is 1570. The number of aliphatic hydroxyl groups excluding tert-OH is 2. The number of β-amino-alcohol motifs (C(OH)–C–C–N with tert-alkyl or cyclic N) is 1. The number of hydrogen-bond donors (Lipinski definition) is 3. The normalized spacial score (nSPS) is 20.6. The van der Waals surface area contributed by atoms with Crippen molar-refractivity contribution in [2.45, 2.75) is 56.5 Å². The molecule has 1 fully saturated rings. The minimum atomic E-state index is -0.923. The molecule has 4 aromatic rings. The fraction of sp³-hybridized carbons (Fsp3) is 0.324. The van der Waals surface area contributed by atoms with E-state index < -0.39 is 24.2 Å². The van der Waals surface area contributed by atoms with E-state index in [2.05, 4.69) is 22.4 Å². The molecule has 0 unspecified atom stereocenters. The molecule has 3 N–H and O–H groups in total. The maximum Gasteiger partial charge on any atom is 0.320 e. The molecule has 0 saturated carbocycles. The number of fused-ring (bicyclic) bond motifs is 1. The summed E-state index contributed by atoms with van der Waals surface area (Å²) in [5.41, 5.74) is 5.06. The molecule has 1 aromatic heterocycles. The standard InChI is InChI=1S/C37H40N4O4/c42-32(25-41-31(20-27-11-5-2-6-12-27)24-40(37(41)45)23-28-15-17-38-18-16-28)21-30(19-26-9-3-1-4-10-26)36(44)39-35-33-14-8-7-13-29(33)22-34(35)43/h1-18,30-32,34-35,42-43H,19-25H2,(H,39,44)/t30-,31-,32-,34+,35-/m0/s1. The van der Waals surface area contributed by atoms with Crippen LogP contribution in [0.1, 0.15) is 40.3 Å². The Hall–Kier alpha value is -4.53. The highest BCUT2D eigenvalue weighted by atomic mass is 16.3. The van der Waals surface area contributed by atoms with E-state index in [1.807, 2.05) is 89.8 Å². The first-order valence-electron chi connectivity index (χ1n) is 15.7. The number of carbonyl (C=O) groups excluding carboxylic acids is 2. The predicted octanol–water partition coefficient (Wildman–Crippen LogP) is 4.31. The van der Waals surface area contributed by atoms with Crippen LogP contribution in [-0.2, 0) is 30.6 Å². The number of aliphatic hydroxyl groups is 2. The molecule has 0 radical (unpaired) electrons. The van der Waals surface area contributed by atoms with Gasteiger partial charge >= 0.3 is 6.03 Å². The molecule has 1 aliphatic carbocycles. The van der Waals surface area contributed by atoms with E-state index in [0.717, 1.165) is 27.8 Å². The van der Waals surface area contributed by atoms with E-state index >= 15 is 0 Å². The monoisotopic (exact) mass is 604 g/mol. The van der Waals surface area contributed by atoms with Crippen molar-refractivity contribution in [1.29, 1.82) is 0 Å². The van der Waals surface area contributed by atoms with Crippen molar-refractivity contribution in [3.8, 4) is 0 Å². The second kappa shape index (κ2) is 14.1. The molecule has 3 amide bonds. The third kappa shape index (κ3) is 7.41. The van der Waals surface area contributed by atoms with Gasteiger partial charge in [-0.05, 0) is 59.2 Å². The summed E-state index contributed by atoms with van der Waals surface area (Å²) in [5.74, 6) is -0.771. The highest BCUT2D eigenvalue weighted by Crippen LogP contribution is 2.32. The Balaban J connectivity index is 1.18. The molecule has 0 spiro atoms. The number of nitrogens with zero attached hydrogens (tertiary/aromatic N) is 3. The van der Waals surface area contributed by atoms with Crippen molar-refractivity contribution in [2.75, 3.05) is 13.1 Å². The van der Waals surface area contributed by atoms with Gasteiger partial charge in [0.05, 0.1) is 24.3 Å². The first-order chi connectivity index (χ1) is 21.9. The second-order valence-corrected chi connectivity index (χ2v) is 12.2. The summed E-state index contributed by atoms with van der Waals surface area (Å²) in [6.45, 7) is 1.12. The van der Waals surface area contributed by atoms with E-state index in [9.17, 15) is 19.8 Å². The zero-order chi connectivity index (χ0) is 31.2. The second-order valence-electron chi connectivity index (χ2n) is 12.2. The smallest absolute Gasteiger partial charge is 0.320 e. The molecule has 1 saturated heterocycles. The molecule has 2 heterocycles. The number of nitrogens with one attached hydrogen (secondary N) is 1. The van der Waals surface area contributed by atoms with Gasteiger partial charge in [0, 0.05) is 44.4 Å². The lowest BCUT2D eigenvalue weighted by atomic mass is 9.91. The van der Waals surface area contributed by atoms with Crippen LogP contribution in [0.3, 0.4) is 0 Å². The molecule has 5 atom stereocenters. The molecular weight excluding hydrogens is 564 g/mol. The Morgan fingerprint density at radius 2 is 1.56 bits per heavy atom. The van der Waals surface area contributed by atoms with E-state index in [0.29, 0.717) is 32.4 Å². The number of carbonyl (C=O) groups is 2. The lowest BCUT2D eigenvalue weighted by Crippen LogP contribution is -2.44. The first kappa shape index (κ1) is 30.5. The van der Waals surface area contributed by atoms with Gasteiger partial charge in [0.25, 0.3) is 0 Å². The average molecular weight is 605 g/mol. The molecular formula is C37H40N4O4. The van der Waals surface area contributed by atoms with Gasteiger partial charge < -0.3 is 25.3 Å². The lowest BCUT2D eigenvalue weighted by Gasteiger charge is -2.28. The van der Waals surface area contributed by atoms with Gasteiger partial charge in [-0.15, -0.1) is 0 Å². The van der Waals surface area contributed by atoms with Crippen molar-refractivity contribution >= 4 is 11.9 Å². The van der Waals surface area contributed by atoms with Gasteiger partial charge in [-0.25, -0.2) is 4.79 Å². The number of amides is 3. The van der Waals surface area contributed by atoms with Gasteiger partial charge in [0.1, 0.15) is 0 Å². The molecule has 3 aromatic carbocycles. The van der Waals surface area contributed by atoms with Crippen LogP contribution in [0.4, 0.5) is 4.79 Å². The zero-order valence-corrected chi connectivity index (χ0v) is 25.3. The molecule has 6 rings (SSSR count). The molecule has 8 nitrogen and oxygen atoms in total. The molecule has 45 heavy (non-hydrogen) atoms. The summed E-state index contributed by atoms with van der Waals surface area (Å²) in [4.78, 5) is 35.3. The molecule has 8 heteroatoms. The average Bonchev–Trinajstić information content (AvgIpc) is 3.52. The van der Waals surface area contributed by atoms with Gasteiger partial charge in [-0.3, -0.25) is 9.78 Å². The maximum atomic E-state index is 13.8. The summed E-state index contributed by atoms with van der Waals surface area (Å²) in [6, 6.07) is 30.7. The van der Waals surface area contributed by atoms with Crippen molar-refractivity contribution in [2.24, 2.45) is 5.92 Å². The van der Waals surface area contributed by atoms with E-state index in [-0.39, 0.29) is 30.9 Å². The van der Waals surface area contributed by atoms with Crippen LogP contribution < -0.4 is 5.32 Å². The van der Waals surface area contributed by atoms with Crippen LogP contribution in [0.15, 0.2) is 109 Å². The van der Waals surface area contributed by atoms with E-state index in [4.69, 9.17) is 0 Å². The highest BCUT2D eigenvalue weighted by Gasteiger charge is 2.39. The van der Waals surface area contributed by atoms with Gasteiger partial charge in [-0.1, -0.05) is 84.9 Å². The lowest BCUT2D eigenvalue weighted by molar-refractivity contribution is -0.127. The van der Waals surface area contributed by atoms with E-state index in [1.165, 1.54) is 0 Å². The number of benzene rings is 3. The third-order valence-corrected chi connectivity index (χ3v) is 8.99. The van der Waals surface area contributed by atoms with Crippen molar-refractivity contribution in [1.82, 2.24) is 20.1 Å². The van der Waals surface area contributed by atoms with Crippen LogP contribution in [0.5, 0.6) is 0 Å². The summed E-state index contributed by atoms with van der Waals surface area (Å²) >= 11 is 0. The van der Waals surface area contributed by atoms with Gasteiger partial charge in [-0.2, -0.15) is 0 Å². The van der Waals surface area contributed by atoms with Gasteiger partial charge in [0.15, 0.2) is 0 Å². The van der Waals surface area contributed by atoms with Crippen LogP contribution >= 0.6 is 0 Å². The zero-order valence-electron chi connectivity index (χ0n) is 25.3. The van der Waals surface area contributed by atoms with Crippen LogP contribution in [0.25, 0.3) is 0 Å². The molecule has 232 valence electrons. The Morgan fingerprint density at radius 1 is 0.889 bits per heavy atom.